The third-order valence-corrected chi connectivity index (χ3v) is 6.73. The molecule has 0 atom stereocenters. The van der Waals surface area contributed by atoms with E-state index in [2.05, 4.69) is 36.1 Å². The summed E-state index contributed by atoms with van der Waals surface area (Å²) in [4.78, 5) is 24.2. The van der Waals surface area contributed by atoms with E-state index in [1.807, 2.05) is 24.3 Å². The van der Waals surface area contributed by atoms with Crippen molar-refractivity contribution in [2.75, 3.05) is 19.5 Å². The monoisotopic (exact) mass is 528 g/mol. The molecule has 0 saturated heterocycles. The summed E-state index contributed by atoms with van der Waals surface area (Å²) in [5, 5.41) is 4.33. The zero-order valence-electron chi connectivity index (χ0n) is 22.9. The number of carbonyl (C=O) groups is 1. The normalized spacial score (nSPS) is 13.3. The quantitative estimate of drug-likeness (QED) is 0.283. The molecule has 202 valence electrons. The van der Waals surface area contributed by atoms with Crippen molar-refractivity contribution in [3.63, 3.8) is 0 Å². The van der Waals surface area contributed by atoms with Crippen LogP contribution in [0.25, 0.3) is 22.0 Å². The van der Waals surface area contributed by atoms with Crippen molar-refractivity contribution in [1.29, 1.82) is 0 Å². The third-order valence-electron chi connectivity index (χ3n) is 6.73. The van der Waals surface area contributed by atoms with Crippen molar-refractivity contribution < 1.29 is 18.7 Å². The number of amides is 1. The van der Waals surface area contributed by atoms with E-state index in [1.165, 1.54) is 13.2 Å². The summed E-state index contributed by atoms with van der Waals surface area (Å²) >= 11 is 0. The van der Waals surface area contributed by atoms with Gasteiger partial charge in [-0.2, -0.15) is 0 Å². The highest BCUT2D eigenvalue weighted by Crippen LogP contribution is 2.34. The summed E-state index contributed by atoms with van der Waals surface area (Å²) in [6.07, 6.45) is 3.34. The van der Waals surface area contributed by atoms with E-state index in [0.29, 0.717) is 22.6 Å². The number of anilines is 1. The number of fused-ring (bicyclic) bond motifs is 1. The number of benzene rings is 3. The van der Waals surface area contributed by atoms with E-state index >= 15 is 4.39 Å². The average Bonchev–Trinajstić information content (AvgIpc) is 3.76. The molecule has 39 heavy (non-hydrogen) atoms. The number of hydrogen-bond acceptors (Lipinski definition) is 6. The van der Waals surface area contributed by atoms with Crippen LogP contribution in [-0.4, -0.2) is 46.6 Å². The van der Waals surface area contributed by atoms with Gasteiger partial charge in [0.15, 0.2) is 11.5 Å². The molecule has 1 fully saturated rings. The van der Waals surface area contributed by atoms with Gasteiger partial charge in [-0.1, -0.05) is 12.1 Å². The third kappa shape index (κ3) is 5.79. The summed E-state index contributed by atoms with van der Waals surface area (Å²) in [7, 11) is 3.09. The van der Waals surface area contributed by atoms with Crippen LogP contribution in [0.15, 0.2) is 60.9 Å². The number of ether oxygens (including phenoxy) is 2. The molecule has 1 aliphatic carbocycles. The molecule has 1 heterocycles. The minimum Gasteiger partial charge on any atom is -0.493 e. The Morgan fingerprint density at radius 2 is 1.69 bits per heavy atom. The van der Waals surface area contributed by atoms with Gasteiger partial charge in [-0.3, -0.25) is 4.79 Å². The molecule has 1 amide bonds. The first kappa shape index (κ1) is 26.4. The first-order chi connectivity index (χ1) is 18.7. The molecule has 7 nitrogen and oxygen atoms in total. The fourth-order valence-corrected chi connectivity index (χ4v) is 4.64. The molecule has 5 rings (SSSR count). The van der Waals surface area contributed by atoms with Crippen LogP contribution in [0.1, 0.15) is 49.5 Å². The molecule has 0 bridgehead atoms. The molecule has 3 aromatic carbocycles. The number of hydrogen-bond donors (Lipinski definition) is 1. The van der Waals surface area contributed by atoms with Gasteiger partial charge in [0.1, 0.15) is 18.0 Å². The standard InChI is InChI=1S/C31H33FN4O3/c1-31(2,3)35-29-24-15-20(7-12-26(24)33-18-34-29)19-6-11-25(32)22(14-19)17-36(23-9-10-23)30(37)21-8-13-27(38-4)28(16-21)39-5/h6-8,11-16,18,23H,9-10,17H2,1-5H3,(H,33,34,35). The summed E-state index contributed by atoms with van der Waals surface area (Å²) < 4.78 is 25.8. The molecular formula is C31H33FN4O3. The largest absolute Gasteiger partial charge is 0.493 e. The van der Waals surface area contributed by atoms with Gasteiger partial charge in [-0.25, -0.2) is 14.4 Å². The maximum absolute atomic E-state index is 15.1. The SMILES string of the molecule is COc1ccc(C(=O)N(Cc2cc(-c3ccc4ncnc(NC(C)(C)C)c4c3)ccc2F)C2CC2)cc1OC. The lowest BCUT2D eigenvalue weighted by Gasteiger charge is -2.24. The van der Waals surface area contributed by atoms with Gasteiger partial charge in [0, 0.05) is 34.6 Å². The van der Waals surface area contributed by atoms with Crippen molar-refractivity contribution in [1.82, 2.24) is 14.9 Å². The second-order valence-corrected chi connectivity index (χ2v) is 10.9. The van der Waals surface area contributed by atoms with Crippen LogP contribution >= 0.6 is 0 Å². The van der Waals surface area contributed by atoms with E-state index in [1.54, 1.807) is 42.6 Å². The van der Waals surface area contributed by atoms with Crippen LogP contribution in [0.5, 0.6) is 11.5 Å². The van der Waals surface area contributed by atoms with Crippen LogP contribution in [0.4, 0.5) is 10.2 Å². The molecule has 1 aliphatic rings. The second kappa shape index (κ2) is 10.5. The van der Waals surface area contributed by atoms with Crippen molar-refractivity contribution in [2.45, 2.75) is 51.7 Å². The smallest absolute Gasteiger partial charge is 0.254 e. The number of aromatic nitrogens is 2. The molecule has 1 aromatic heterocycles. The summed E-state index contributed by atoms with van der Waals surface area (Å²) in [5.74, 6) is 1.27. The lowest BCUT2D eigenvalue weighted by atomic mass is 10.00. The molecule has 8 heteroatoms. The van der Waals surface area contributed by atoms with Crippen LogP contribution in [0.3, 0.4) is 0 Å². The number of halogens is 1. The van der Waals surface area contributed by atoms with Crippen molar-refractivity contribution in [3.8, 4) is 22.6 Å². The molecular weight excluding hydrogens is 495 g/mol. The lowest BCUT2D eigenvalue weighted by molar-refractivity contribution is 0.0728. The van der Waals surface area contributed by atoms with Crippen LogP contribution in [0, 0.1) is 5.82 Å². The Morgan fingerprint density at radius 3 is 2.38 bits per heavy atom. The molecule has 0 aliphatic heterocycles. The van der Waals surface area contributed by atoms with E-state index in [-0.39, 0.29) is 29.8 Å². The molecule has 0 spiro atoms. The molecule has 1 saturated carbocycles. The number of nitrogens with one attached hydrogen (secondary N) is 1. The highest BCUT2D eigenvalue weighted by Gasteiger charge is 2.34. The Hall–Kier alpha value is -4.20. The maximum Gasteiger partial charge on any atom is 0.254 e. The minimum atomic E-state index is -0.344. The Bertz CT molecular complexity index is 1530. The Labute approximate surface area is 228 Å². The lowest BCUT2D eigenvalue weighted by Crippen LogP contribution is -2.33. The minimum absolute atomic E-state index is 0.0810. The molecule has 0 unspecified atom stereocenters. The molecule has 1 N–H and O–H groups in total. The van der Waals surface area contributed by atoms with Gasteiger partial charge < -0.3 is 19.7 Å². The predicted octanol–water partition coefficient (Wildman–Crippen LogP) is 6.47. The van der Waals surface area contributed by atoms with Gasteiger partial charge in [-0.15, -0.1) is 0 Å². The number of carbonyl (C=O) groups excluding carboxylic acids is 1. The van der Waals surface area contributed by atoms with Crippen LogP contribution in [-0.2, 0) is 6.54 Å². The van der Waals surface area contributed by atoms with Gasteiger partial charge in [0.2, 0.25) is 0 Å². The topological polar surface area (TPSA) is 76.6 Å². The first-order valence-electron chi connectivity index (χ1n) is 13.0. The highest BCUT2D eigenvalue weighted by atomic mass is 19.1. The fraction of sp³-hybridized carbons (Fsp3) is 0.323. The average molecular weight is 529 g/mol. The van der Waals surface area contributed by atoms with E-state index < -0.39 is 0 Å². The predicted molar refractivity (Wildman–Crippen MR) is 151 cm³/mol. The molecule has 0 radical (unpaired) electrons. The second-order valence-electron chi connectivity index (χ2n) is 10.9. The number of nitrogens with zero attached hydrogens (tertiary/aromatic N) is 3. The number of rotatable bonds is 8. The summed E-state index contributed by atoms with van der Waals surface area (Å²) in [5.41, 5.74) is 3.36. The van der Waals surface area contributed by atoms with Crippen LogP contribution < -0.4 is 14.8 Å². The van der Waals surface area contributed by atoms with E-state index in [4.69, 9.17) is 9.47 Å². The zero-order valence-corrected chi connectivity index (χ0v) is 22.9. The van der Waals surface area contributed by atoms with Gasteiger partial charge in [-0.05, 0) is 87.2 Å². The van der Waals surface area contributed by atoms with Crippen LogP contribution in [0.2, 0.25) is 0 Å². The Morgan fingerprint density at radius 1 is 0.974 bits per heavy atom. The highest BCUT2D eigenvalue weighted by molar-refractivity contribution is 5.95. The van der Waals surface area contributed by atoms with E-state index in [0.717, 1.165) is 40.7 Å². The van der Waals surface area contributed by atoms with Crippen molar-refractivity contribution in [3.05, 3.63) is 77.9 Å². The molecule has 4 aromatic rings. The Balaban J connectivity index is 1.46. The fourth-order valence-electron chi connectivity index (χ4n) is 4.64. The van der Waals surface area contributed by atoms with Gasteiger partial charge in [0.25, 0.3) is 5.91 Å². The Kier molecular flexibility index (Phi) is 7.12. The van der Waals surface area contributed by atoms with Crippen molar-refractivity contribution >= 4 is 22.6 Å². The van der Waals surface area contributed by atoms with Gasteiger partial charge >= 0.3 is 0 Å². The van der Waals surface area contributed by atoms with Gasteiger partial charge in [0.05, 0.1) is 19.7 Å². The first-order valence-corrected chi connectivity index (χ1v) is 13.0. The summed E-state index contributed by atoms with van der Waals surface area (Å²) in [6, 6.07) is 16.2. The zero-order chi connectivity index (χ0) is 27.7. The van der Waals surface area contributed by atoms with E-state index in [9.17, 15) is 4.79 Å². The van der Waals surface area contributed by atoms with Crippen molar-refractivity contribution in [2.24, 2.45) is 0 Å². The maximum atomic E-state index is 15.1. The number of methoxy groups -OCH3 is 2. The summed E-state index contributed by atoms with van der Waals surface area (Å²) in [6.45, 7) is 6.40.